The number of rotatable bonds is 18. The van der Waals surface area contributed by atoms with Crippen LogP contribution in [-0.4, -0.2) is 29.2 Å². The summed E-state index contributed by atoms with van der Waals surface area (Å²) < 4.78 is 23.9. The fourth-order valence-corrected chi connectivity index (χ4v) is 9.05. The van der Waals surface area contributed by atoms with Crippen LogP contribution in [0.1, 0.15) is 106 Å². The lowest BCUT2D eigenvalue weighted by Crippen LogP contribution is -2.18. The summed E-state index contributed by atoms with van der Waals surface area (Å²) in [6.45, 7) is 10.3. The van der Waals surface area contributed by atoms with E-state index >= 15 is 0 Å². The first kappa shape index (κ1) is 64.4. The highest BCUT2D eigenvalue weighted by Gasteiger charge is 2.25. The zero-order valence-corrected chi connectivity index (χ0v) is 49.8. The second-order valence-electron chi connectivity index (χ2n) is 20.9. The van der Waals surface area contributed by atoms with Crippen molar-refractivity contribution < 1.29 is 38.1 Å². The molecule has 10 aromatic rings. The van der Waals surface area contributed by atoms with E-state index in [0.29, 0.717) is 45.1 Å². The van der Waals surface area contributed by atoms with E-state index < -0.39 is 10.5 Å². The van der Waals surface area contributed by atoms with Crippen LogP contribution in [0.2, 0.25) is 0 Å². The van der Waals surface area contributed by atoms with Crippen LogP contribution in [0.5, 0.6) is 46.0 Å². The van der Waals surface area contributed by atoms with E-state index in [9.17, 15) is 19.2 Å². The number of halogens is 2. The lowest BCUT2D eigenvalue weighted by molar-refractivity contribution is 0.100. The molecule has 0 spiro atoms. The number of hydrogen-bond donors (Lipinski definition) is 4. The van der Waals surface area contributed by atoms with E-state index in [1.165, 1.54) is 47.9 Å². The van der Waals surface area contributed by atoms with Crippen LogP contribution in [0.15, 0.2) is 243 Å². The third-order valence-corrected chi connectivity index (χ3v) is 14.6. The van der Waals surface area contributed by atoms with Gasteiger partial charge in [-0.05, 0) is 234 Å². The van der Waals surface area contributed by atoms with Gasteiger partial charge in [0.1, 0.15) is 46.0 Å². The maximum Gasteiger partial charge on any atom is 0.255 e. The van der Waals surface area contributed by atoms with Gasteiger partial charge in [-0.1, -0.05) is 95.8 Å². The van der Waals surface area contributed by atoms with Gasteiger partial charge in [0, 0.05) is 62.9 Å². The Labute approximate surface area is 518 Å². The Morgan fingerprint density at radius 3 is 0.828 bits per heavy atom. The summed E-state index contributed by atoms with van der Waals surface area (Å²) in [7, 11) is 1.89. The van der Waals surface area contributed by atoms with Gasteiger partial charge >= 0.3 is 0 Å². The third kappa shape index (κ3) is 17.9. The normalized spacial score (nSPS) is 10.7. The zero-order chi connectivity index (χ0) is 61.4. The first-order valence-electron chi connectivity index (χ1n) is 27.4. The number of nitrogens with two attached hydrogens (primary N) is 2. The van der Waals surface area contributed by atoms with Crippen molar-refractivity contribution >= 4 is 68.1 Å². The molecule has 87 heavy (non-hydrogen) atoms. The van der Waals surface area contributed by atoms with Gasteiger partial charge in [-0.15, -0.1) is 0 Å². The highest BCUT2D eigenvalue weighted by atomic mass is 35.5. The van der Waals surface area contributed by atoms with Gasteiger partial charge in [-0.25, -0.2) is 0 Å². The van der Waals surface area contributed by atoms with Crippen LogP contribution in [0.25, 0.3) is 0 Å². The van der Waals surface area contributed by atoms with Crippen molar-refractivity contribution in [2.24, 2.45) is 0 Å². The highest BCUT2D eigenvalue weighted by Crippen LogP contribution is 2.37. The number of benzene rings is 10. The minimum atomic E-state index is -0.552. The molecule has 0 radical (unpaired) electrons. The summed E-state index contributed by atoms with van der Waals surface area (Å²) in [5.41, 5.74) is 20.7. The predicted molar refractivity (Wildman–Crippen MR) is 352 cm³/mol. The Kier molecular flexibility index (Phi) is 21.9. The Morgan fingerprint density at radius 2 is 0.575 bits per heavy atom. The number of nitrogen functional groups attached to an aromatic ring is 2. The zero-order valence-electron chi connectivity index (χ0n) is 48.3. The van der Waals surface area contributed by atoms with Crippen LogP contribution in [0.3, 0.4) is 0 Å². The first-order chi connectivity index (χ1) is 41.2. The van der Waals surface area contributed by atoms with E-state index in [4.69, 9.17) is 53.6 Å². The Balaban J connectivity index is 0.000000213. The average molecular weight is 1200 g/mol. The number of carbonyl (C=O) groups excluding carboxylic acids is 4. The van der Waals surface area contributed by atoms with Gasteiger partial charge in [0.15, 0.2) is 5.78 Å². The number of nitrogens with one attached hydrogen (secondary N) is 2. The number of carbonyl (C=O) groups is 4. The van der Waals surface area contributed by atoms with E-state index in [1.807, 2.05) is 141 Å². The Bertz CT molecular complexity index is 3750. The number of anilines is 4. The SMILES string of the molecule is C.CC(C)(c1ccc(Oc2ccc(N)cc2)cc1)c1ccc(Oc2ccc(N)cc2)cc1.CNc1ccc(Oc2ccc(C(C)(C)c3ccc(Oc4ccc(NC(=O)c5ccc(C(C)=O)cc5)cc4)cc3)cc2)cc1.O=C(Cl)c1ccc(C(=O)Cl)cc1. The van der Waals surface area contributed by atoms with Crippen molar-refractivity contribution in [1.82, 2.24) is 0 Å². The molecule has 12 nitrogen and oxygen atoms in total. The monoisotopic (exact) mass is 1200 g/mol. The summed E-state index contributed by atoms with van der Waals surface area (Å²) in [6.07, 6.45) is 0. The molecule has 10 rings (SSSR count). The van der Waals surface area contributed by atoms with E-state index in [-0.39, 0.29) is 29.9 Å². The van der Waals surface area contributed by atoms with Crippen LogP contribution in [0.4, 0.5) is 22.7 Å². The van der Waals surface area contributed by atoms with Gasteiger partial charge in [-0.3, -0.25) is 19.2 Å². The second kappa shape index (κ2) is 29.6. The smallest absolute Gasteiger partial charge is 0.255 e. The molecule has 1 amide bonds. The maximum absolute atomic E-state index is 12.6. The molecule has 14 heteroatoms. The maximum atomic E-state index is 12.6. The number of ketones is 1. The standard InChI is InChI=1S/C37H34N2O4.C27H26N2O2.C8H4Cl2O2.CH4/c1-25(40)26-5-7-27(8-6-26)36(41)39-31-15-23-35(24-16-31)43-33-19-11-29(12-20-33)37(2,3)28-9-17-32(18-10-28)42-34-21-13-30(38-4)14-22-34;1-27(2,19-3-11-23(12-4-19)30-25-15-7-21(28)8-16-25)20-5-13-24(14-6-20)31-26-17-9-22(29)10-18-26;9-7(11)5-1-2-6(4-3-5)8(10)12;/h5-24,38H,1-4H3,(H,39,41);3-18H,28-29H2,1-2H3;1-4H;1H4. The van der Waals surface area contributed by atoms with E-state index in [2.05, 4.69) is 86.9 Å². The molecule has 0 aliphatic carbocycles. The quantitative estimate of drug-likeness (QED) is 0.0365. The second-order valence-corrected chi connectivity index (χ2v) is 21.6. The molecule has 0 saturated carbocycles. The third-order valence-electron chi connectivity index (χ3n) is 14.2. The molecule has 10 aromatic carbocycles. The number of amides is 1. The fraction of sp³-hybridized carbons (Fsp3) is 0.123. The van der Waals surface area contributed by atoms with Crippen molar-refractivity contribution in [2.75, 3.05) is 29.1 Å². The summed E-state index contributed by atoms with van der Waals surface area (Å²) in [4.78, 5) is 45.2. The Hall–Kier alpha value is -10.1. The lowest BCUT2D eigenvalue weighted by Gasteiger charge is -2.26. The molecule has 0 aliphatic rings. The molecule has 0 bridgehead atoms. The summed E-state index contributed by atoms with van der Waals surface area (Å²) >= 11 is 10.4. The van der Waals surface area contributed by atoms with Crippen molar-refractivity contribution in [3.8, 4) is 46.0 Å². The van der Waals surface area contributed by atoms with Gasteiger partial charge in [0.2, 0.25) is 0 Å². The van der Waals surface area contributed by atoms with Crippen molar-refractivity contribution in [3.63, 3.8) is 0 Å². The first-order valence-corrected chi connectivity index (χ1v) is 28.1. The molecular weight excluding hydrogens is 1130 g/mol. The summed E-state index contributed by atoms with van der Waals surface area (Å²) in [6, 6.07) is 74.8. The van der Waals surface area contributed by atoms with Crippen molar-refractivity contribution in [3.05, 3.63) is 287 Å². The fourth-order valence-electron chi connectivity index (χ4n) is 8.80. The highest BCUT2D eigenvalue weighted by molar-refractivity contribution is 6.68. The average Bonchev–Trinajstić information content (AvgIpc) is 1.95. The molecule has 0 fully saturated rings. The topological polar surface area (TPSA) is 181 Å². The largest absolute Gasteiger partial charge is 0.457 e. The molecule has 0 aliphatic heterocycles. The van der Waals surface area contributed by atoms with Gasteiger partial charge in [0.25, 0.3) is 16.4 Å². The van der Waals surface area contributed by atoms with Gasteiger partial charge < -0.3 is 41.0 Å². The van der Waals surface area contributed by atoms with Gasteiger partial charge in [-0.2, -0.15) is 0 Å². The molecule has 0 heterocycles. The minimum absolute atomic E-state index is 0. The van der Waals surface area contributed by atoms with Crippen LogP contribution < -0.4 is 41.0 Å². The summed E-state index contributed by atoms with van der Waals surface area (Å²) in [5.74, 6) is 5.77. The van der Waals surface area contributed by atoms with Crippen LogP contribution in [0, 0.1) is 0 Å². The van der Waals surface area contributed by atoms with E-state index in [1.54, 1.807) is 36.4 Å². The Morgan fingerprint density at radius 1 is 0.345 bits per heavy atom. The minimum Gasteiger partial charge on any atom is -0.457 e. The van der Waals surface area contributed by atoms with E-state index in [0.717, 1.165) is 51.5 Å². The molecular formula is C73H68Cl2N4O8. The molecule has 0 aromatic heterocycles. The number of Topliss-reactive ketones (excluding diaryl/α,β-unsaturated/α-hetero) is 1. The van der Waals surface area contributed by atoms with Crippen LogP contribution >= 0.6 is 23.2 Å². The lowest BCUT2D eigenvalue weighted by atomic mass is 9.78. The van der Waals surface area contributed by atoms with Crippen molar-refractivity contribution in [2.45, 2.75) is 52.9 Å². The predicted octanol–water partition coefficient (Wildman–Crippen LogP) is 18.9. The molecule has 6 N–H and O–H groups in total. The molecule has 0 saturated heterocycles. The number of hydrogen-bond acceptors (Lipinski definition) is 11. The van der Waals surface area contributed by atoms with Gasteiger partial charge in [0.05, 0.1) is 0 Å². The molecule has 0 unspecified atom stereocenters. The number of ether oxygens (including phenoxy) is 4. The van der Waals surface area contributed by atoms with Crippen LogP contribution in [-0.2, 0) is 10.8 Å². The molecule has 0 atom stereocenters. The molecule has 442 valence electrons. The van der Waals surface area contributed by atoms with Crippen molar-refractivity contribution in [1.29, 1.82) is 0 Å². The summed E-state index contributed by atoms with van der Waals surface area (Å²) in [5, 5.41) is 4.87.